The number of piperidine rings is 1. The van der Waals surface area contributed by atoms with Gasteiger partial charge in [-0.2, -0.15) is 4.31 Å². The summed E-state index contributed by atoms with van der Waals surface area (Å²) < 4.78 is 33.5. The number of rotatable bonds is 3. The molecular weight excluding hydrogens is 376 g/mol. The Labute approximate surface area is 166 Å². The van der Waals surface area contributed by atoms with Crippen LogP contribution < -0.4 is 4.90 Å². The number of benzene rings is 1. The van der Waals surface area contributed by atoms with Gasteiger partial charge in [0, 0.05) is 44.0 Å². The van der Waals surface area contributed by atoms with Crippen LogP contribution in [0.25, 0.3) is 0 Å². The first-order valence-electron chi connectivity index (χ1n) is 9.65. The standard InChI is InChI=1S/C20H26N4O3S/c1-17-3-5-18(6-4-17)28(25,26)24-11-7-20(8-12-24)15-23(13-14-27-16-20)19-21-9-2-10-22-19/h2-6,9-10H,7-8,11-16H2,1H3. The number of ether oxygens (including phenoxy) is 1. The van der Waals surface area contributed by atoms with Crippen molar-refractivity contribution in [2.75, 3.05) is 44.3 Å². The Balaban J connectivity index is 1.48. The summed E-state index contributed by atoms with van der Waals surface area (Å²) in [6.07, 6.45) is 5.03. The van der Waals surface area contributed by atoms with E-state index in [0.29, 0.717) is 37.1 Å². The Morgan fingerprint density at radius 3 is 2.39 bits per heavy atom. The molecule has 0 aliphatic carbocycles. The molecule has 0 unspecified atom stereocenters. The molecule has 4 rings (SSSR count). The lowest BCUT2D eigenvalue weighted by Gasteiger charge is -2.42. The average molecular weight is 403 g/mol. The van der Waals surface area contributed by atoms with Gasteiger partial charge in [-0.05, 0) is 38.0 Å². The van der Waals surface area contributed by atoms with E-state index in [4.69, 9.17) is 4.74 Å². The first-order valence-corrected chi connectivity index (χ1v) is 11.1. The van der Waals surface area contributed by atoms with Crippen molar-refractivity contribution in [2.45, 2.75) is 24.7 Å². The maximum absolute atomic E-state index is 13.0. The highest BCUT2D eigenvalue weighted by Gasteiger charge is 2.41. The Morgan fingerprint density at radius 2 is 1.71 bits per heavy atom. The van der Waals surface area contributed by atoms with Gasteiger partial charge in [0.2, 0.25) is 16.0 Å². The van der Waals surface area contributed by atoms with Crippen LogP contribution in [-0.2, 0) is 14.8 Å². The van der Waals surface area contributed by atoms with E-state index in [2.05, 4.69) is 14.9 Å². The van der Waals surface area contributed by atoms with E-state index in [-0.39, 0.29) is 5.41 Å². The molecule has 7 nitrogen and oxygen atoms in total. The minimum Gasteiger partial charge on any atom is -0.379 e. The summed E-state index contributed by atoms with van der Waals surface area (Å²) in [5, 5.41) is 0. The van der Waals surface area contributed by atoms with E-state index < -0.39 is 10.0 Å². The van der Waals surface area contributed by atoms with Crippen molar-refractivity contribution in [1.82, 2.24) is 14.3 Å². The lowest BCUT2D eigenvalue weighted by Crippen LogP contribution is -2.49. The van der Waals surface area contributed by atoms with Gasteiger partial charge in [-0.25, -0.2) is 18.4 Å². The maximum Gasteiger partial charge on any atom is 0.243 e. The van der Waals surface area contributed by atoms with Gasteiger partial charge in [0.15, 0.2) is 0 Å². The lowest BCUT2D eigenvalue weighted by atomic mass is 9.79. The van der Waals surface area contributed by atoms with Gasteiger partial charge in [0.1, 0.15) is 0 Å². The van der Waals surface area contributed by atoms with Crippen LogP contribution in [0.3, 0.4) is 0 Å². The van der Waals surface area contributed by atoms with Crippen LogP contribution in [0.15, 0.2) is 47.6 Å². The molecule has 1 aromatic carbocycles. The number of aromatic nitrogens is 2. The zero-order valence-corrected chi connectivity index (χ0v) is 16.9. The van der Waals surface area contributed by atoms with Gasteiger partial charge >= 0.3 is 0 Å². The fourth-order valence-corrected chi connectivity index (χ4v) is 5.42. The van der Waals surface area contributed by atoms with E-state index in [1.54, 1.807) is 28.8 Å². The van der Waals surface area contributed by atoms with Crippen molar-refractivity contribution < 1.29 is 13.2 Å². The summed E-state index contributed by atoms with van der Waals surface area (Å²) in [7, 11) is -3.45. The average Bonchev–Trinajstić information content (AvgIpc) is 2.92. The highest BCUT2D eigenvalue weighted by Crippen LogP contribution is 2.36. The SMILES string of the molecule is Cc1ccc(S(=O)(=O)N2CCC3(CC2)COCCN(c2ncccn2)C3)cc1. The number of hydrogen-bond donors (Lipinski definition) is 0. The second-order valence-electron chi connectivity index (χ2n) is 7.74. The Hall–Kier alpha value is -2.03. The first kappa shape index (κ1) is 19.3. The monoisotopic (exact) mass is 402 g/mol. The summed E-state index contributed by atoms with van der Waals surface area (Å²) in [5.74, 6) is 0.710. The van der Waals surface area contributed by atoms with E-state index in [1.807, 2.05) is 25.1 Å². The smallest absolute Gasteiger partial charge is 0.243 e. The topological polar surface area (TPSA) is 75.6 Å². The molecule has 0 radical (unpaired) electrons. The molecule has 3 heterocycles. The molecule has 0 amide bonds. The number of anilines is 1. The van der Waals surface area contributed by atoms with Crippen LogP contribution in [0.4, 0.5) is 5.95 Å². The second kappa shape index (κ2) is 7.77. The predicted molar refractivity (Wildman–Crippen MR) is 107 cm³/mol. The van der Waals surface area contributed by atoms with Crippen LogP contribution in [0.2, 0.25) is 0 Å². The Bertz CT molecular complexity index is 895. The zero-order chi connectivity index (χ0) is 19.6. The van der Waals surface area contributed by atoms with Gasteiger partial charge in [-0.1, -0.05) is 17.7 Å². The van der Waals surface area contributed by atoms with Crippen LogP contribution in [-0.4, -0.2) is 62.1 Å². The normalized spacial score (nSPS) is 20.8. The van der Waals surface area contributed by atoms with Crippen LogP contribution in [0.1, 0.15) is 18.4 Å². The molecule has 0 saturated carbocycles. The van der Waals surface area contributed by atoms with E-state index in [0.717, 1.165) is 31.5 Å². The highest BCUT2D eigenvalue weighted by molar-refractivity contribution is 7.89. The molecule has 1 aromatic heterocycles. The van der Waals surface area contributed by atoms with Crippen molar-refractivity contribution in [3.8, 4) is 0 Å². The molecule has 2 aliphatic heterocycles. The number of hydrogen-bond acceptors (Lipinski definition) is 6. The molecule has 150 valence electrons. The lowest BCUT2D eigenvalue weighted by molar-refractivity contribution is 0.0374. The Kier molecular flexibility index (Phi) is 5.35. The van der Waals surface area contributed by atoms with E-state index in [1.165, 1.54) is 0 Å². The molecule has 28 heavy (non-hydrogen) atoms. The van der Waals surface area contributed by atoms with Gasteiger partial charge in [-0.15, -0.1) is 0 Å². The predicted octanol–water partition coefficient (Wildman–Crippen LogP) is 2.09. The molecule has 8 heteroatoms. The molecule has 2 fully saturated rings. The number of nitrogens with zero attached hydrogens (tertiary/aromatic N) is 4. The largest absolute Gasteiger partial charge is 0.379 e. The fourth-order valence-electron chi connectivity index (χ4n) is 3.98. The third-order valence-electron chi connectivity index (χ3n) is 5.72. The quantitative estimate of drug-likeness (QED) is 0.783. The van der Waals surface area contributed by atoms with Crippen molar-refractivity contribution in [3.05, 3.63) is 48.3 Å². The van der Waals surface area contributed by atoms with Crippen molar-refractivity contribution in [1.29, 1.82) is 0 Å². The summed E-state index contributed by atoms with van der Waals surface area (Å²) in [6, 6.07) is 8.88. The van der Waals surface area contributed by atoms with Crippen molar-refractivity contribution in [2.24, 2.45) is 5.41 Å². The van der Waals surface area contributed by atoms with E-state index >= 15 is 0 Å². The summed E-state index contributed by atoms with van der Waals surface area (Å²) in [4.78, 5) is 11.3. The molecule has 2 aliphatic rings. The maximum atomic E-state index is 13.0. The van der Waals surface area contributed by atoms with Crippen LogP contribution >= 0.6 is 0 Å². The summed E-state index contributed by atoms with van der Waals surface area (Å²) in [6.45, 7) is 5.77. The summed E-state index contributed by atoms with van der Waals surface area (Å²) >= 11 is 0. The molecule has 0 bridgehead atoms. The van der Waals surface area contributed by atoms with Crippen molar-refractivity contribution in [3.63, 3.8) is 0 Å². The Morgan fingerprint density at radius 1 is 1.04 bits per heavy atom. The minimum absolute atomic E-state index is 0.0744. The third kappa shape index (κ3) is 3.90. The zero-order valence-electron chi connectivity index (χ0n) is 16.1. The molecule has 1 spiro atoms. The molecule has 0 atom stereocenters. The minimum atomic E-state index is -3.45. The number of sulfonamides is 1. The summed E-state index contributed by atoms with van der Waals surface area (Å²) in [5.41, 5.74) is 0.977. The molecule has 2 saturated heterocycles. The fraction of sp³-hybridized carbons (Fsp3) is 0.500. The van der Waals surface area contributed by atoms with Gasteiger partial charge < -0.3 is 9.64 Å². The van der Waals surface area contributed by atoms with Gasteiger partial charge in [0.05, 0.1) is 18.1 Å². The molecular formula is C20H26N4O3S. The van der Waals surface area contributed by atoms with Gasteiger partial charge in [-0.3, -0.25) is 0 Å². The highest BCUT2D eigenvalue weighted by atomic mass is 32.2. The second-order valence-corrected chi connectivity index (χ2v) is 9.68. The van der Waals surface area contributed by atoms with E-state index in [9.17, 15) is 8.42 Å². The van der Waals surface area contributed by atoms with Crippen molar-refractivity contribution >= 4 is 16.0 Å². The van der Waals surface area contributed by atoms with Crippen LogP contribution in [0.5, 0.6) is 0 Å². The number of aryl methyl sites for hydroxylation is 1. The molecule has 0 N–H and O–H groups in total. The first-order chi connectivity index (χ1) is 13.5. The molecule has 2 aromatic rings. The third-order valence-corrected chi connectivity index (χ3v) is 7.63. The van der Waals surface area contributed by atoms with Gasteiger partial charge in [0.25, 0.3) is 0 Å². The van der Waals surface area contributed by atoms with Crippen LogP contribution in [0, 0.1) is 12.3 Å².